The Kier molecular flexibility index (Phi) is 6.65. The van der Waals surface area contributed by atoms with Crippen LogP contribution in [0.4, 0.5) is 0 Å². The topological polar surface area (TPSA) is 20.2 Å². The Morgan fingerprint density at radius 3 is 2.56 bits per heavy atom. The highest BCUT2D eigenvalue weighted by Crippen LogP contribution is 2.15. The van der Waals surface area contributed by atoms with Crippen LogP contribution >= 0.6 is 11.8 Å². The van der Waals surface area contributed by atoms with Gasteiger partial charge in [0.2, 0.25) is 0 Å². The van der Waals surface area contributed by atoms with E-state index in [1.165, 1.54) is 6.42 Å². The summed E-state index contributed by atoms with van der Waals surface area (Å²) in [4.78, 5) is 0. The molecule has 0 fully saturated rings. The lowest BCUT2D eigenvalue weighted by atomic mass is 10.2. The summed E-state index contributed by atoms with van der Waals surface area (Å²) >= 11 is 1.90. The van der Waals surface area contributed by atoms with Gasteiger partial charge in [0.05, 0.1) is 0 Å². The van der Waals surface area contributed by atoms with Gasteiger partial charge in [-0.3, -0.25) is 0 Å². The van der Waals surface area contributed by atoms with Crippen molar-refractivity contribution in [3.05, 3.63) is 0 Å². The van der Waals surface area contributed by atoms with Crippen LogP contribution in [-0.4, -0.2) is 23.2 Å². The quantitative estimate of drug-likeness (QED) is 0.642. The summed E-state index contributed by atoms with van der Waals surface area (Å²) in [6.45, 7) is 2.54. The number of aliphatic hydroxyl groups is 1. The van der Waals surface area contributed by atoms with Crippen molar-refractivity contribution in [2.45, 2.75) is 31.4 Å². The van der Waals surface area contributed by atoms with Crippen molar-refractivity contribution in [2.24, 2.45) is 0 Å². The first kappa shape index (κ1) is 9.31. The first-order valence-electron chi connectivity index (χ1n) is 3.48. The molecule has 0 bridgehead atoms. The maximum atomic E-state index is 8.50. The van der Waals surface area contributed by atoms with Crippen molar-refractivity contribution < 1.29 is 5.11 Å². The van der Waals surface area contributed by atoms with Crippen molar-refractivity contribution in [1.29, 1.82) is 0 Å². The number of thioether (sulfide) groups is 1. The first-order chi connectivity index (χ1) is 4.35. The average Bonchev–Trinajstić information content (AvgIpc) is 1.91. The van der Waals surface area contributed by atoms with E-state index in [-0.39, 0.29) is 0 Å². The standard InChI is InChI=1S/C7H16OS/c1-3-7(9-2)5-4-6-8/h7-8H,3-6H2,1-2H3. The molecule has 0 spiro atoms. The zero-order valence-corrected chi connectivity index (χ0v) is 7.08. The van der Waals surface area contributed by atoms with Gasteiger partial charge in [0.25, 0.3) is 0 Å². The van der Waals surface area contributed by atoms with Crippen molar-refractivity contribution in [2.75, 3.05) is 12.9 Å². The van der Waals surface area contributed by atoms with Crippen LogP contribution in [-0.2, 0) is 0 Å². The molecule has 0 aromatic heterocycles. The van der Waals surface area contributed by atoms with Crippen molar-refractivity contribution in [1.82, 2.24) is 0 Å². The zero-order chi connectivity index (χ0) is 7.11. The number of hydrogen-bond acceptors (Lipinski definition) is 2. The summed E-state index contributed by atoms with van der Waals surface area (Å²) in [5.41, 5.74) is 0. The van der Waals surface area contributed by atoms with Gasteiger partial charge >= 0.3 is 0 Å². The van der Waals surface area contributed by atoms with Crippen molar-refractivity contribution in [3.8, 4) is 0 Å². The maximum absolute atomic E-state index is 8.50. The lowest BCUT2D eigenvalue weighted by Gasteiger charge is -2.08. The van der Waals surface area contributed by atoms with E-state index in [1.54, 1.807) is 0 Å². The van der Waals surface area contributed by atoms with Crippen molar-refractivity contribution >= 4 is 11.8 Å². The van der Waals surface area contributed by atoms with Gasteiger partial charge in [-0.2, -0.15) is 11.8 Å². The van der Waals surface area contributed by atoms with Crippen molar-refractivity contribution in [3.63, 3.8) is 0 Å². The molecule has 0 saturated heterocycles. The normalized spacial score (nSPS) is 13.7. The predicted molar refractivity (Wildman–Crippen MR) is 43.9 cm³/mol. The van der Waals surface area contributed by atoms with Crippen LogP contribution in [0.5, 0.6) is 0 Å². The molecular weight excluding hydrogens is 132 g/mol. The molecule has 1 atom stereocenters. The Bertz CT molecular complexity index is 52.9. The van der Waals surface area contributed by atoms with Gasteiger partial charge in [-0.15, -0.1) is 0 Å². The zero-order valence-electron chi connectivity index (χ0n) is 6.26. The molecule has 0 aromatic carbocycles. The van der Waals surface area contributed by atoms with Gasteiger partial charge in [-0.1, -0.05) is 6.92 Å². The van der Waals surface area contributed by atoms with E-state index in [2.05, 4.69) is 13.2 Å². The molecule has 56 valence electrons. The average molecular weight is 148 g/mol. The smallest absolute Gasteiger partial charge is 0.0431 e. The molecule has 9 heavy (non-hydrogen) atoms. The Morgan fingerprint density at radius 2 is 2.22 bits per heavy atom. The summed E-state index contributed by atoms with van der Waals surface area (Å²) < 4.78 is 0. The highest BCUT2D eigenvalue weighted by Gasteiger charge is 2.01. The van der Waals surface area contributed by atoms with Gasteiger partial charge in [-0.25, -0.2) is 0 Å². The second-order valence-corrected chi connectivity index (χ2v) is 3.27. The van der Waals surface area contributed by atoms with Gasteiger partial charge < -0.3 is 5.11 Å². The van der Waals surface area contributed by atoms with Gasteiger partial charge in [0.1, 0.15) is 0 Å². The van der Waals surface area contributed by atoms with Crippen LogP contribution in [0.2, 0.25) is 0 Å². The molecule has 0 saturated carbocycles. The van der Waals surface area contributed by atoms with Crippen LogP contribution in [0.25, 0.3) is 0 Å². The third kappa shape index (κ3) is 4.79. The lowest BCUT2D eigenvalue weighted by Crippen LogP contribution is -2.00. The van der Waals surface area contributed by atoms with E-state index in [4.69, 9.17) is 5.11 Å². The summed E-state index contributed by atoms with van der Waals surface area (Å²) in [6.07, 6.45) is 5.47. The molecule has 0 heterocycles. The minimum Gasteiger partial charge on any atom is -0.396 e. The molecule has 2 heteroatoms. The molecule has 0 aromatic rings. The highest BCUT2D eigenvalue weighted by atomic mass is 32.2. The number of aliphatic hydroxyl groups excluding tert-OH is 1. The van der Waals surface area contributed by atoms with Gasteiger partial charge in [0.15, 0.2) is 0 Å². The minimum absolute atomic E-state index is 0.344. The summed E-state index contributed by atoms with van der Waals surface area (Å²) in [5, 5.41) is 9.26. The minimum atomic E-state index is 0.344. The molecule has 1 N–H and O–H groups in total. The summed E-state index contributed by atoms with van der Waals surface area (Å²) in [5.74, 6) is 0. The SMILES string of the molecule is CCC(CCCO)SC. The molecule has 0 radical (unpaired) electrons. The Morgan fingerprint density at radius 1 is 1.56 bits per heavy atom. The Balaban J connectivity index is 3.09. The second-order valence-electron chi connectivity index (χ2n) is 2.13. The molecule has 0 rings (SSSR count). The molecule has 1 unspecified atom stereocenters. The third-order valence-electron chi connectivity index (χ3n) is 1.47. The second kappa shape index (κ2) is 6.43. The van der Waals surface area contributed by atoms with Crippen LogP contribution in [0.1, 0.15) is 26.2 Å². The van der Waals surface area contributed by atoms with E-state index in [9.17, 15) is 0 Å². The molecule has 0 aliphatic carbocycles. The van der Waals surface area contributed by atoms with Crippen LogP contribution in [0.15, 0.2) is 0 Å². The highest BCUT2D eigenvalue weighted by molar-refractivity contribution is 7.99. The fourth-order valence-electron chi connectivity index (χ4n) is 0.808. The predicted octanol–water partition coefficient (Wildman–Crippen LogP) is 1.90. The van der Waals surface area contributed by atoms with Crippen LogP contribution in [0, 0.1) is 0 Å². The van der Waals surface area contributed by atoms with E-state index in [0.29, 0.717) is 6.61 Å². The van der Waals surface area contributed by atoms with Gasteiger partial charge in [0, 0.05) is 11.9 Å². The number of hydrogen-bond donors (Lipinski definition) is 1. The lowest BCUT2D eigenvalue weighted by molar-refractivity contribution is 0.284. The molecular formula is C7H16OS. The molecule has 0 aliphatic rings. The monoisotopic (exact) mass is 148 g/mol. The molecule has 0 aliphatic heterocycles. The fraction of sp³-hybridized carbons (Fsp3) is 1.00. The Hall–Kier alpha value is 0.310. The molecule has 1 nitrogen and oxygen atoms in total. The number of rotatable bonds is 5. The summed E-state index contributed by atoms with van der Waals surface area (Å²) in [7, 11) is 0. The fourth-order valence-corrected chi connectivity index (χ4v) is 1.54. The molecule has 0 amide bonds. The van der Waals surface area contributed by atoms with E-state index in [0.717, 1.165) is 18.1 Å². The maximum Gasteiger partial charge on any atom is 0.0431 e. The largest absolute Gasteiger partial charge is 0.396 e. The van der Waals surface area contributed by atoms with Crippen LogP contribution in [0.3, 0.4) is 0 Å². The third-order valence-corrected chi connectivity index (χ3v) is 2.71. The first-order valence-corrected chi connectivity index (χ1v) is 4.77. The van der Waals surface area contributed by atoms with Gasteiger partial charge in [-0.05, 0) is 25.5 Å². The summed E-state index contributed by atoms with van der Waals surface area (Å²) in [6, 6.07) is 0. The Labute approximate surface area is 61.8 Å². The van der Waals surface area contributed by atoms with E-state index < -0.39 is 0 Å². The van der Waals surface area contributed by atoms with E-state index in [1.807, 2.05) is 11.8 Å². The van der Waals surface area contributed by atoms with E-state index >= 15 is 0 Å². The van der Waals surface area contributed by atoms with Crippen LogP contribution < -0.4 is 0 Å².